The minimum Gasteiger partial charge on any atom is -0.374 e. The van der Waals surface area contributed by atoms with Gasteiger partial charge in [-0.25, -0.2) is 0 Å². The highest BCUT2D eigenvalue weighted by atomic mass is 15.3. The third-order valence-electron chi connectivity index (χ3n) is 1.67. The molecule has 0 fully saturated rings. The van der Waals surface area contributed by atoms with Gasteiger partial charge in [0.2, 0.25) is 0 Å². The maximum atomic E-state index is 3.69. The fraction of sp³-hybridized carbons (Fsp3) is 0.600. The molecule has 3 nitrogen and oxygen atoms in total. The van der Waals surface area contributed by atoms with Crippen LogP contribution in [0.1, 0.15) is 0 Å². The van der Waals surface area contributed by atoms with Gasteiger partial charge in [0.25, 0.3) is 0 Å². The molecule has 75 valence electrons. The maximum absolute atomic E-state index is 3.69. The van der Waals surface area contributed by atoms with Crippen LogP contribution in [0, 0.1) is 6.08 Å². The van der Waals surface area contributed by atoms with Crippen molar-refractivity contribution >= 4 is 0 Å². The van der Waals surface area contributed by atoms with Crippen molar-refractivity contribution in [3.8, 4) is 0 Å². The lowest BCUT2D eigenvalue weighted by atomic mass is 10.3. The molecule has 0 unspecified atom stereocenters. The first-order valence-corrected chi connectivity index (χ1v) is 4.21. The number of likely N-dealkylation sites (N-methyl/N-ethyl adjacent to an activating group) is 1. The largest absolute Gasteiger partial charge is 0.374 e. The van der Waals surface area contributed by atoms with Crippen molar-refractivity contribution in [2.75, 3.05) is 42.3 Å². The molecule has 0 aromatic rings. The zero-order valence-corrected chi connectivity index (χ0v) is 9.55. The standard InChI is InChI=1S/C10H20N3/c1-8-9(11(2)3)10(12(4)5)13(6)7/h1H2,2-7H3. The Balaban J connectivity index is 5.13. The van der Waals surface area contributed by atoms with E-state index in [1.165, 1.54) is 0 Å². The van der Waals surface area contributed by atoms with Gasteiger partial charge < -0.3 is 14.7 Å². The summed E-state index contributed by atoms with van der Waals surface area (Å²) < 4.78 is 0. The Morgan fingerprint density at radius 2 is 1.23 bits per heavy atom. The van der Waals surface area contributed by atoms with Crippen molar-refractivity contribution in [3.63, 3.8) is 0 Å². The lowest BCUT2D eigenvalue weighted by Crippen LogP contribution is -2.29. The number of hydrogen-bond donors (Lipinski definition) is 0. The molecule has 0 spiro atoms. The van der Waals surface area contributed by atoms with Crippen LogP contribution in [0.25, 0.3) is 0 Å². The summed E-state index contributed by atoms with van der Waals surface area (Å²) in [5.74, 6) is 1.10. The fourth-order valence-corrected chi connectivity index (χ4v) is 1.26. The molecule has 0 N–H and O–H groups in total. The molecule has 3 heteroatoms. The molecule has 0 aliphatic heterocycles. The minimum atomic E-state index is 0.995. The third kappa shape index (κ3) is 3.01. The summed E-state index contributed by atoms with van der Waals surface area (Å²) in [7, 11) is 12.0. The van der Waals surface area contributed by atoms with Gasteiger partial charge >= 0.3 is 0 Å². The highest BCUT2D eigenvalue weighted by molar-refractivity contribution is 5.15. The van der Waals surface area contributed by atoms with E-state index in [0.717, 1.165) is 11.5 Å². The molecule has 0 atom stereocenters. The number of hydrogen-bond acceptors (Lipinski definition) is 3. The van der Waals surface area contributed by atoms with Crippen LogP contribution in [-0.4, -0.2) is 57.0 Å². The van der Waals surface area contributed by atoms with Gasteiger partial charge in [0.15, 0.2) is 0 Å². The Kier molecular flexibility index (Phi) is 4.38. The van der Waals surface area contributed by atoms with Crippen LogP contribution in [0.3, 0.4) is 0 Å². The van der Waals surface area contributed by atoms with Crippen LogP contribution >= 0.6 is 0 Å². The summed E-state index contributed by atoms with van der Waals surface area (Å²) in [5.41, 5.74) is 0.995. The van der Waals surface area contributed by atoms with Crippen LogP contribution in [-0.2, 0) is 0 Å². The first-order valence-electron chi connectivity index (χ1n) is 4.21. The Morgan fingerprint density at radius 1 is 0.846 bits per heavy atom. The predicted octanol–water partition coefficient (Wildman–Crippen LogP) is 0.829. The molecule has 0 rings (SSSR count). The SMILES string of the molecule is C=[C]C(=C(N(C)C)N(C)C)N(C)C. The quantitative estimate of drug-likeness (QED) is 0.596. The van der Waals surface area contributed by atoms with Crippen LogP contribution in [0.5, 0.6) is 0 Å². The average Bonchev–Trinajstić information content (AvgIpc) is 1.97. The van der Waals surface area contributed by atoms with Crippen LogP contribution in [0.15, 0.2) is 18.1 Å². The van der Waals surface area contributed by atoms with E-state index in [4.69, 9.17) is 0 Å². The highest BCUT2D eigenvalue weighted by Gasteiger charge is 2.10. The summed E-state index contributed by atoms with van der Waals surface area (Å²) in [5, 5.41) is 0. The second-order valence-corrected chi connectivity index (χ2v) is 3.53. The first-order chi connectivity index (χ1) is 5.91. The Labute approximate surface area is 81.9 Å². The molecule has 0 aliphatic carbocycles. The van der Waals surface area contributed by atoms with Crippen molar-refractivity contribution in [1.82, 2.24) is 14.7 Å². The lowest BCUT2D eigenvalue weighted by Gasteiger charge is -2.29. The average molecular weight is 182 g/mol. The molecule has 0 bridgehead atoms. The molecule has 13 heavy (non-hydrogen) atoms. The normalized spacial score (nSPS) is 9.08. The van der Waals surface area contributed by atoms with E-state index in [1.54, 1.807) is 0 Å². The van der Waals surface area contributed by atoms with Gasteiger partial charge in [0, 0.05) is 48.4 Å². The van der Waals surface area contributed by atoms with Gasteiger partial charge in [-0.3, -0.25) is 0 Å². The zero-order valence-electron chi connectivity index (χ0n) is 9.55. The summed E-state index contributed by atoms with van der Waals surface area (Å²) in [6.07, 6.45) is 2.94. The molecule has 0 aromatic heterocycles. The number of allylic oxidation sites excluding steroid dienone is 1. The number of nitrogens with zero attached hydrogens (tertiary/aromatic N) is 3. The summed E-state index contributed by atoms with van der Waals surface area (Å²) in [6.45, 7) is 3.69. The smallest absolute Gasteiger partial charge is 0.128 e. The zero-order chi connectivity index (χ0) is 10.6. The Hall–Kier alpha value is -1.12. The number of rotatable bonds is 4. The van der Waals surface area contributed by atoms with E-state index >= 15 is 0 Å². The van der Waals surface area contributed by atoms with Gasteiger partial charge in [0.1, 0.15) is 5.82 Å². The monoisotopic (exact) mass is 182 g/mol. The fourth-order valence-electron chi connectivity index (χ4n) is 1.26. The van der Waals surface area contributed by atoms with Gasteiger partial charge in [-0.2, -0.15) is 0 Å². The predicted molar refractivity (Wildman–Crippen MR) is 57.0 cm³/mol. The van der Waals surface area contributed by atoms with E-state index in [9.17, 15) is 0 Å². The van der Waals surface area contributed by atoms with Crippen LogP contribution in [0.4, 0.5) is 0 Å². The van der Waals surface area contributed by atoms with Crippen molar-refractivity contribution in [2.45, 2.75) is 0 Å². The maximum Gasteiger partial charge on any atom is 0.128 e. The van der Waals surface area contributed by atoms with Crippen molar-refractivity contribution in [1.29, 1.82) is 0 Å². The second kappa shape index (κ2) is 4.80. The molecular formula is C10H20N3. The van der Waals surface area contributed by atoms with Crippen molar-refractivity contribution in [3.05, 3.63) is 24.2 Å². The van der Waals surface area contributed by atoms with Gasteiger partial charge in [-0.05, 0) is 0 Å². The van der Waals surface area contributed by atoms with Gasteiger partial charge in [0.05, 0.1) is 5.70 Å². The van der Waals surface area contributed by atoms with Gasteiger partial charge in [-0.15, -0.1) is 0 Å². The van der Waals surface area contributed by atoms with E-state index < -0.39 is 0 Å². The minimum absolute atomic E-state index is 0.995. The highest BCUT2D eigenvalue weighted by Crippen LogP contribution is 2.11. The van der Waals surface area contributed by atoms with E-state index in [2.05, 4.69) is 12.7 Å². The molecular weight excluding hydrogens is 162 g/mol. The summed E-state index contributed by atoms with van der Waals surface area (Å²) in [4.78, 5) is 6.10. The third-order valence-corrected chi connectivity index (χ3v) is 1.67. The van der Waals surface area contributed by atoms with E-state index in [-0.39, 0.29) is 0 Å². The Morgan fingerprint density at radius 3 is 1.31 bits per heavy atom. The van der Waals surface area contributed by atoms with E-state index in [1.807, 2.05) is 57.0 Å². The molecule has 0 amide bonds. The second-order valence-electron chi connectivity index (χ2n) is 3.53. The molecule has 0 saturated heterocycles. The molecule has 0 aliphatic rings. The first kappa shape index (κ1) is 11.9. The topological polar surface area (TPSA) is 9.72 Å². The summed E-state index contributed by atoms with van der Waals surface area (Å²) >= 11 is 0. The molecule has 0 aromatic carbocycles. The molecule has 1 radical (unpaired) electrons. The van der Waals surface area contributed by atoms with Crippen molar-refractivity contribution < 1.29 is 0 Å². The van der Waals surface area contributed by atoms with Gasteiger partial charge in [-0.1, -0.05) is 6.58 Å². The van der Waals surface area contributed by atoms with E-state index in [0.29, 0.717) is 0 Å². The molecule has 0 heterocycles. The summed E-state index contributed by atoms with van der Waals surface area (Å²) in [6, 6.07) is 0. The Bertz CT molecular complexity index is 192. The van der Waals surface area contributed by atoms with Crippen LogP contribution in [0.2, 0.25) is 0 Å². The molecule has 0 saturated carbocycles. The lowest BCUT2D eigenvalue weighted by molar-refractivity contribution is 0.316. The van der Waals surface area contributed by atoms with Crippen LogP contribution < -0.4 is 0 Å². The van der Waals surface area contributed by atoms with Crippen molar-refractivity contribution in [2.24, 2.45) is 0 Å².